The van der Waals surface area contributed by atoms with Crippen LogP contribution in [0.15, 0.2) is 0 Å². The molecule has 0 aromatic heterocycles. The molecule has 0 aliphatic rings. The van der Waals surface area contributed by atoms with Gasteiger partial charge in [0.25, 0.3) is 0 Å². The summed E-state index contributed by atoms with van der Waals surface area (Å²) in [6.45, 7) is 2.42. The third-order valence-electron chi connectivity index (χ3n) is 1.62. The lowest BCUT2D eigenvalue weighted by molar-refractivity contribution is 0.0883. The highest BCUT2D eigenvalue weighted by molar-refractivity contribution is 5.75. The van der Waals surface area contributed by atoms with Gasteiger partial charge in [-0.05, 0) is 6.92 Å². The molecule has 72 valence electrons. The second-order valence-corrected chi connectivity index (χ2v) is 2.64. The minimum absolute atomic E-state index is 0.0350. The number of hydrogen-bond acceptors (Lipinski definition) is 3. The van der Waals surface area contributed by atoms with Crippen LogP contribution in [0.4, 0.5) is 0 Å². The van der Waals surface area contributed by atoms with Crippen molar-refractivity contribution >= 4 is 5.96 Å². The summed E-state index contributed by atoms with van der Waals surface area (Å²) in [6, 6.07) is -0.0350. The highest BCUT2D eigenvalue weighted by Crippen LogP contribution is 1.92. The fraction of sp³-hybridized carbons (Fsp3) is 0.857. The van der Waals surface area contributed by atoms with Crippen LogP contribution in [0.2, 0.25) is 0 Å². The predicted molar refractivity (Wildman–Crippen MR) is 49.2 cm³/mol. The highest BCUT2D eigenvalue weighted by atomic mass is 16.5. The van der Waals surface area contributed by atoms with Crippen molar-refractivity contribution < 1.29 is 4.74 Å². The van der Waals surface area contributed by atoms with Gasteiger partial charge in [-0.1, -0.05) is 0 Å². The Morgan fingerprint density at radius 1 is 1.67 bits per heavy atom. The summed E-state index contributed by atoms with van der Waals surface area (Å²) in [5, 5.41) is 12.7. The quantitative estimate of drug-likeness (QED) is 0.328. The number of methoxy groups -OCH3 is 1. The van der Waals surface area contributed by atoms with Gasteiger partial charge in [-0.15, -0.1) is 0 Å². The van der Waals surface area contributed by atoms with E-state index in [4.69, 9.17) is 15.9 Å². The standard InChI is InChI=1S/C7H18N4O/c1-5(8)6(12-3)4-11-7(9)10-2/h5-6H,4,8H2,1-3H3,(H3,9,10,11)/t5-,6?/m0/s1. The van der Waals surface area contributed by atoms with Crippen LogP contribution in [0, 0.1) is 5.41 Å². The number of rotatable bonds is 4. The minimum Gasteiger partial charge on any atom is -0.378 e. The predicted octanol–water partition coefficient (Wildman–Crippen LogP) is -0.908. The molecule has 5 N–H and O–H groups in total. The molecule has 5 heteroatoms. The van der Waals surface area contributed by atoms with Crippen molar-refractivity contribution in [3.05, 3.63) is 0 Å². The maximum atomic E-state index is 7.23. The molecule has 0 radical (unpaired) electrons. The second-order valence-electron chi connectivity index (χ2n) is 2.64. The van der Waals surface area contributed by atoms with Gasteiger partial charge in [-0.3, -0.25) is 5.41 Å². The van der Waals surface area contributed by atoms with Gasteiger partial charge in [0, 0.05) is 26.7 Å². The highest BCUT2D eigenvalue weighted by Gasteiger charge is 2.11. The van der Waals surface area contributed by atoms with Crippen LogP contribution in [-0.4, -0.2) is 38.8 Å². The van der Waals surface area contributed by atoms with Crippen LogP contribution >= 0.6 is 0 Å². The Kier molecular flexibility index (Phi) is 5.40. The smallest absolute Gasteiger partial charge is 0.188 e. The first-order valence-corrected chi connectivity index (χ1v) is 3.90. The maximum Gasteiger partial charge on any atom is 0.188 e. The minimum atomic E-state index is -0.0568. The maximum absolute atomic E-state index is 7.23. The van der Waals surface area contributed by atoms with Gasteiger partial charge in [0.2, 0.25) is 0 Å². The van der Waals surface area contributed by atoms with Crippen LogP contribution in [0.3, 0.4) is 0 Å². The van der Waals surface area contributed by atoms with Crippen molar-refractivity contribution in [1.82, 2.24) is 10.6 Å². The zero-order valence-corrected chi connectivity index (χ0v) is 7.85. The molecule has 5 nitrogen and oxygen atoms in total. The van der Waals surface area contributed by atoms with Crippen molar-refractivity contribution in [3.8, 4) is 0 Å². The number of ether oxygens (including phenoxy) is 1. The lowest BCUT2D eigenvalue weighted by atomic mass is 10.2. The Balaban J connectivity index is 3.65. The van der Waals surface area contributed by atoms with Crippen LogP contribution in [0.1, 0.15) is 6.92 Å². The van der Waals surface area contributed by atoms with E-state index in [-0.39, 0.29) is 18.1 Å². The topological polar surface area (TPSA) is 83.2 Å². The van der Waals surface area contributed by atoms with Gasteiger partial charge in [0.05, 0.1) is 6.10 Å². The first kappa shape index (κ1) is 11.2. The summed E-state index contributed by atoms with van der Waals surface area (Å²) in [7, 11) is 3.29. The molecule has 12 heavy (non-hydrogen) atoms. The fourth-order valence-electron chi connectivity index (χ4n) is 0.775. The van der Waals surface area contributed by atoms with Crippen LogP contribution in [-0.2, 0) is 4.74 Å². The largest absolute Gasteiger partial charge is 0.378 e. The van der Waals surface area contributed by atoms with Crippen molar-refractivity contribution in [2.45, 2.75) is 19.1 Å². The number of nitrogens with one attached hydrogen (secondary N) is 3. The first-order chi connectivity index (χ1) is 5.61. The van der Waals surface area contributed by atoms with E-state index >= 15 is 0 Å². The van der Waals surface area contributed by atoms with Gasteiger partial charge in [-0.25, -0.2) is 0 Å². The molecular weight excluding hydrogens is 156 g/mol. The van der Waals surface area contributed by atoms with Gasteiger partial charge < -0.3 is 21.1 Å². The van der Waals surface area contributed by atoms with E-state index in [1.165, 1.54) is 0 Å². The molecule has 0 bridgehead atoms. The molecule has 0 heterocycles. The summed E-state index contributed by atoms with van der Waals surface area (Å²) >= 11 is 0. The monoisotopic (exact) mass is 174 g/mol. The molecule has 0 aromatic carbocycles. The van der Waals surface area contributed by atoms with Crippen LogP contribution in [0.25, 0.3) is 0 Å². The van der Waals surface area contributed by atoms with E-state index in [0.717, 1.165) is 0 Å². The third kappa shape index (κ3) is 4.15. The molecular formula is C7H18N4O. The van der Waals surface area contributed by atoms with E-state index < -0.39 is 0 Å². The summed E-state index contributed by atoms with van der Waals surface area (Å²) < 4.78 is 5.09. The molecule has 2 atom stereocenters. The van der Waals surface area contributed by atoms with Crippen LogP contribution < -0.4 is 16.4 Å². The molecule has 0 amide bonds. The molecule has 0 aromatic rings. The average Bonchev–Trinajstić information content (AvgIpc) is 2.04. The fourth-order valence-corrected chi connectivity index (χ4v) is 0.775. The molecule has 0 rings (SSSR count). The van der Waals surface area contributed by atoms with Crippen molar-refractivity contribution in [3.63, 3.8) is 0 Å². The van der Waals surface area contributed by atoms with E-state index in [1.807, 2.05) is 6.92 Å². The Morgan fingerprint density at radius 3 is 2.58 bits per heavy atom. The summed E-state index contributed by atoms with van der Waals surface area (Å²) in [5.74, 6) is 0.276. The number of guanidine groups is 1. The second kappa shape index (κ2) is 5.79. The first-order valence-electron chi connectivity index (χ1n) is 3.90. The lowest BCUT2D eigenvalue weighted by Crippen LogP contribution is -2.45. The molecule has 1 unspecified atom stereocenters. The van der Waals surface area contributed by atoms with Gasteiger partial charge in [-0.2, -0.15) is 0 Å². The molecule has 0 aliphatic carbocycles. The van der Waals surface area contributed by atoms with E-state index in [0.29, 0.717) is 6.54 Å². The Bertz CT molecular complexity index is 137. The molecule has 0 saturated heterocycles. The Morgan fingerprint density at radius 2 is 2.25 bits per heavy atom. The normalized spacial score (nSPS) is 15.0. The van der Waals surface area contributed by atoms with Crippen molar-refractivity contribution in [1.29, 1.82) is 5.41 Å². The van der Waals surface area contributed by atoms with Gasteiger partial charge in [0.1, 0.15) is 0 Å². The van der Waals surface area contributed by atoms with E-state index in [1.54, 1.807) is 14.2 Å². The SMILES string of the molecule is CNC(=N)NCC(OC)[C@H](C)N. The average molecular weight is 174 g/mol. The molecule has 0 spiro atoms. The molecule has 0 aliphatic heterocycles. The Hall–Kier alpha value is -0.810. The lowest BCUT2D eigenvalue weighted by Gasteiger charge is -2.19. The summed E-state index contributed by atoms with van der Waals surface area (Å²) in [5.41, 5.74) is 5.62. The van der Waals surface area contributed by atoms with Gasteiger partial charge >= 0.3 is 0 Å². The van der Waals surface area contributed by atoms with Gasteiger partial charge in [0.15, 0.2) is 5.96 Å². The Labute approximate surface area is 73.2 Å². The molecule has 0 saturated carbocycles. The number of hydrogen-bond donors (Lipinski definition) is 4. The summed E-state index contributed by atoms with van der Waals surface area (Å²) in [4.78, 5) is 0. The molecule has 0 fully saturated rings. The van der Waals surface area contributed by atoms with E-state index in [2.05, 4.69) is 10.6 Å². The number of nitrogens with two attached hydrogens (primary N) is 1. The zero-order valence-electron chi connectivity index (χ0n) is 7.85. The van der Waals surface area contributed by atoms with E-state index in [9.17, 15) is 0 Å². The van der Waals surface area contributed by atoms with Crippen molar-refractivity contribution in [2.75, 3.05) is 20.7 Å². The summed E-state index contributed by atoms with van der Waals surface area (Å²) in [6.07, 6.45) is -0.0568. The zero-order chi connectivity index (χ0) is 9.56. The van der Waals surface area contributed by atoms with Crippen LogP contribution in [0.5, 0.6) is 0 Å². The van der Waals surface area contributed by atoms with Crippen molar-refractivity contribution in [2.24, 2.45) is 5.73 Å². The third-order valence-corrected chi connectivity index (χ3v) is 1.62.